The van der Waals surface area contributed by atoms with Crippen molar-refractivity contribution in [1.82, 2.24) is 4.90 Å². The van der Waals surface area contributed by atoms with Gasteiger partial charge in [0.25, 0.3) is 11.7 Å². The van der Waals surface area contributed by atoms with Crippen LogP contribution in [0.25, 0.3) is 0 Å². The molecular formula is C64H117NO32P4S. The summed E-state index contributed by atoms with van der Waals surface area (Å²) in [6.45, 7) is 2.60. The molecule has 1 amide bonds. The van der Waals surface area contributed by atoms with Gasteiger partial charge in [-0.25, -0.2) is 4.79 Å². The minimum atomic E-state index is -5.27. The fraction of sp³-hybridized carbons (Fsp3) is 0.797. The fourth-order valence-electron chi connectivity index (χ4n) is 11.8. The van der Waals surface area contributed by atoms with E-state index in [-0.39, 0.29) is 67.7 Å². The molecule has 3 heterocycles. The van der Waals surface area contributed by atoms with Gasteiger partial charge in [0.05, 0.1) is 24.4 Å². The monoisotopic (exact) mass is 1570 g/mol. The van der Waals surface area contributed by atoms with Crippen molar-refractivity contribution >= 4 is 67.6 Å². The Bertz CT molecular complexity index is 2910. The van der Waals surface area contributed by atoms with Gasteiger partial charge in [-0.1, -0.05) is 71.1 Å². The number of aliphatic hydroxyl groups is 16. The van der Waals surface area contributed by atoms with Crippen molar-refractivity contribution < 1.29 is 155 Å². The maximum atomic E-state index is 14.5. The molecule has 33 nitrogen and oxygen atoms in total. The molecule has 3 aliphatic heterocycles. The number of amides is 1. The van der Waals surface area contributed by atoms with Crippen LogP contribution in [0.1, 0.15) is 126 Å². The van der Waals surface area contributed by atoms with Crippen LogP contribution >= 0.6 is 27.9 Å². The Morgan fingerprint density at radius 1 is 0.676 bits per heavy atom. The summed E-state index contributed by atoms with van der Waals surface area (Å²) >= 11 is 0. The van der Waals surface area contributed by atoms with Gasteiger partial charge in [0.1, 0.15) is 68.2 Å². The fourth-order valence-corrected chi connectivity index (χ4v) is 19.8. The molecule has 2 bridgehead atoms. The number of carbonyl (C=O) groups excluding carboxylic acids is 5. The average Bonchev–Trinajstić information content (AvgIpc) is 0.745. The second-order valence-corrected chi connectivity index (χ2v) is 45.5. The molecule has 4 rings (SSSR count). The van der Waals surface area contributed by atoms with Gasteiger partial charge in [0.2, 0.25) is 5.79 Å². The Labute approximate surface area is 597 Å². The van der Waals surface area contributed by atoms with E-state index in [2.05, 4.69) is 7.94 Å². The van der Waals surface area contributed by atoms with Crippen LogP contribution in [0.5, 0.6) is 0 Å². The van der Waals surface area contributed by atoms with Gasteiger partial charge in [-0.2, -0.15) is 0 Å². The number of carbonyl (C=O) groups is 5. The van der Waals surface area contributed by atoms with Crippen molar-refractivity contribution in [1.29, 1.82) is 0 Å². The number of ketones is 3. The van der Waals surface area contributed by atoms with E-state index in [0.29, 0.717) is 62.5 Å². The Morgan fingerprint density at radius 2 is 1.22 bits per heavy atom. The van der Waals surface area contributed by atoms with Gasteiger partial charge in [-0.05, 0) is 107 Å². The third-order valence-electron chi connectivity index (χ3n) is 19.5. The molecule has 0 radical (unpaired) electrons. The van der Waals surface area contributed by atoms with Crippen LogP contribution in [0, 0.1) is 35.5 Å². The number of allylic oxidation sites excluding steroid dienone is 6. The number of hydrogen-bond donors (Lipinski definition) is 16. The number of rotatable bonds is 25. The summed E-state index contributed by atoms with van der Waals surface area (Å²) in [6, 6.07) is -1.21. The molecule has 102 heavy (non-hydrogen) atoms. The molecule has 15 atom stereocenters. The van der Waals surface area contributed by atoms with Crippen LogP contribution < -0.4 is 0 Å². The van der Waals surface area contributed by atoms with Crippen LogP contribution in [0.2, 0.25) is 0 Å². The normalized spacial score (nSPS) is 31.4. The summed E-state index contributed by atoms with van der Waals surface area (Å²) in [5, 5.41) is 153. The van der Waals surface area contributed by atoms with Gasteiger partial charge >= 0.3 is 138 Å². The quantitative estimate of drug-likeness (QED) is 0.0268. The van der Waals surface area contributed by atoms with Crippen molar-refractivity contribution in [2.24, 2.45) is 35.5 Å². The molecular weight excluding hydrogens is 1450 g/mol. The molecule has 2 saturated heterocycles. The number of Topliss-reactive ketones (excluding diaryl/α,β-unsaturated/α-hetero) is 3. The standard InChI is InChI=1S/C53H84NO16P.C8H24O12P2S.C3H9O4P/c1-32-15-11-10-12-16-33(2)44(68-31-71(65,29-55)30-56)27-40-20-18-38(7)53(64,70-40)50(61)51(62)54-22-14-13-17-41(54)52(63)69-45(35(4)25-39-19-21-42(57)46(26-39)66-8)28-43(58)34(3)24-37(6)48(60)49(67-9)47(59)36(5)23-32;9-1-21(2-10,3-11,4-12)19-23(17,18)20-22(5-13,6-14,7-15)8-16;4-1-8(7,2-5)3-6/h10-12,15-16,24,32,34-36,38-42,44-46,48-49,55-57,60,64H,13-14,17-23,25-31H2,1-9H3;9-16H,1-8H2;4-6H,1-3H2/b12-10+,15-11+,33-16+,37-24+;;/t32-,34-,35-,36-,38-,39+,40+,41+,42-,44?,45+,46-,48-,49+,53-;;/m1../s1. The van der Waals surface area contributed by atoms with E-state index in [1.165, 1.54) is 7.11 Å². The van der Waals surface area contributed by atoms with Crippen LogP contribution in [-0.2, 0) is 75.1 Å². The molecule has 1 aliphatic carbocycles. The van der Waals surface area contributed by atoms with Gasteiger partial charge < -0.3 is 78.6 Å². The van der Waals surface area contributed by atoms with Crippen molar-refractivity contribution in [2.45, 2.75) is 180 Å². The maximum absolute atomic E-state index is 14.5. The van der Waals surface area contributed by atoms with Crippen molar-refractivity contribution in [3.8, 4) is 0 Å². The summed E-state index contributed by atoms with van der Waals surface area (Å²) in [4.78, 5) is 72.3. The summed E-state index contributed by atoms with van der Waals surface area (Å²) in [5.74, 6) is -8.84. The third-order valence-corrected chi connectivity index (χ3v) is 33.2. The zero-order chi connectivity index (χ0) is 77.9. The van der Waals surface area contributed by atoms with Crippen LogP contribution in [0.3, 0.4) is 0 Å². The van der Waals surface area contributed by atoms with Crippen molar-refractivity contribution in [3.05, 3.63) is 47.6 Å². The molecule has 0 aromatic rings. The molecule has 3 fully saturated rings. The Balaban J connectivity index is 0.000000941. The van der Waals surface area contributed by atoms with E-state index >= 15 is 0 Å². The number of esters is 1. The van der Waals surface area contributed by atoms with Crippen LogP contribution in [0.15, 0.2) is 47.6 Å². The molecule has 38 heteroatoms. The number of cyclic esters (lactones) is 1. The zero-order valence-electron chi connectivity index (χ0n) is 60.0. The molecule has 0 aromatic carbocycles. The number of nitrogens with zero attached hydrogens (tertiary/aromatic N) is 1. The molecule has 0 aromatic heterocycles. The molecule has 16 N–H and O–H groups in total. The van der Waals surface area contributed by atoms with Crippen LogP contribution in [-0.4, -0.2) is 288 Å². The molecule has 4 aliphatic rings. The summed E-state index contributed by atoms with van der Waals surface area (Å²) in [5.41, 5.74) is 0.982. The average molecular weight is 1570 g/mol. The van der Waals surface area contributed by atoms with E-state index < -0.39 is 211 Å². The summed E-state index contributed by atoms with van der Waals surface area (Å²) in [7, 11) is -8.89. The predicted octanol–water partition coefficient (Wildman–Crippen LogP) is 1.77. The Hall–Kier alpha value is -2.70. The van der Waals surface area contributed by atoms with E-state index in [9.17, 15) is 108 Å². The first kappa shape index (κ1) is 95.4. The molecule has 596 valence electrons. The zero-order valence-corrected chi connectivity index (χ0v) is 64.4. The molecule has 1 saturated carbocycles. The Morgan fingerprint density at radius 3 is 1.71 bits per heavy atom. The Kier molecular flexibility index (Phi) is 40.1. The number of piperidine rings is 1. The SMILES string of the molecule is CO[C@@H]1C[C@H](C[C@@H](C)[C@@H]2CC(=O)[C@H](C)/C=C(\C)[C@@H](O)[C@@H](OC)C(=O)[C@H](C)C[C@H](C)/C=C/C=C/C=C(\C)C(OCP(=O)(CO)CO)C[C@@H]3CC[C@@H](C)[C@@](O)(O3)C(=O)C(=O)N3CCCC[C@H]3C(=O)O2)CC[C@H]1O.O=P(CO)(CO)CO.O=S(=O)(OP(CO)(CO)(CO)CO)OP(CO)(CO)(CO)CO. The second kappa shape index (κ2) is 42.9. The second-order valence-electron chi connectivity index (χ2n) is 27.9. The van der Waals surface area contributed by atoms with E-state index in [1.807, 2.05) is 26.0 Å². The first-order valence-corrected chi connectivity index (χ1v) is 45.4. The van der Waals surface area contributed by atoms with Gasteiger partial charge in [0, 0.05) is 51.4 Å². The van der Waals surface area contributed by atoms with E-state index in [4.69, 9.17) is 39.0 Å². The third kappa shape index (κ3) is 26.0. The first-order valence-electron chi connectivity index (χ1n) is 33.7. The summed E-state index contributed by atoms with van der Waals surface area (Å²) < 4.78 is 86.5. The van der Waals surface area contributed by atoms with Gasteiger partial charge in [-0.3, -0.25) is 19.2 Å². The number of fused-ring (bicyclic) bond motifs is 3. The topological polar surface area (TPSA) is 545 Å². The van der Waals surface area contributed by atoms with Gasteiger partial charge in [-0.15, -0.1) is 0 Å². The molecule has 1 unspecified atom stereocenters. The van der Waals surface area contributed by atoms with Crippen LogP contribution in [0.4, 0.5) is 0 Å². The molecule has 0 spiro atoms. The van der Waals surface area contributed by atoms with E-state index in [0.717, 1.165) is 4.90 Å². The van der Waals surface area contributed by atoms with Crippen molar-refractivity contribution in [3.63, 3.8) is 0 Å². The number of ether oxygens (including phenoxy) is 5. The minimum absolute atomic E-state index is 0.0185. The number of methoxy groups -OCH3 is 2. The van der Waals surface area contributed by atoms with Gasteiger partial charge in [0.15, 0.2) is 20.1 Å². The van der Waals surface area contributed by atoms with Crippen molar-refractivity contribution in [2.75, 3.05) is 110 Å². The first-order chi connectivity index (χ1) is 47.7. The number of aliphatic hydroxyl groups excluding tert-OH is 15. The van der Waals surface area contributed by atoms with E-state index in [1.54, 1.807) is 66.0 Å². The number of hydrogen-bond acceptors (Lipinski definition) is 32. The predicted molar refractivity (Wildman–Crippen MR) is 376 cm³/mol. The summed E-state index contributed by atoms with van der Waals surface area (Å²) in [6.07, 6.45) is -4.87.